The van der Waals surface area contributed by atoms with Crippen molar-refractivity contribution in [3.63, 3.8) is 0 Å². The van der Waals surface area contributed by atoms with Gasteiger partial charge in [-0.2, -0.15) is 0 Å². The molecular formula is C22H21NO2. The maximum atomic E-state index is 5.37. The third kappa shape index (κ3) is 4.07. The largest absolute Gasteiger partial charge is 0.493 e. The molecule has 126 valence electrons. The van der Waals surface area contributed by atoms with Gasteiger partial charge in [-0.1, -0.05) is 60.7 Å². The van der Waals surface area contributed by atoms with Gasteiger partial charge in [-0.3, -0.25) is 4.99 Å². The van der Waals surface area contributed by atoms with Gasteiger partial charge in [0.1, 0.15) is 0 Å². The Morgan fingerprint density at radius 1 is 0.720 bits per heavy atom. The Labute approximate surface area is 148 Å². The molecule has 0 aliphatic carbocycles. The molecular weight excluding hydrogens is 310 g/mol. The van der Waals surface area contributed by atoms with Gasteiger partial charge in [0.05, 0.1) is 20.3 Å². The van der Waals surface area contributed by atoms with Crippen LogP contribution in [0.2, 0.25) is 0 Å². The van der Waals surface area contributed by atoms with Gasteiger partial charge in [0, 0.05) is 6.21 Å². The predicted octanol–water partition coefficient (Wildman–Crippen LogP) is 4.91. The number of hydrogen-bond donors (Lipinski definition) is 0. The van der Waals surface area contributed by atoms with E-state index in [1.807, 2.05) is 60.8 Å². The van der Waals surface area contributed by atoms with Gasteiger partial charge < -0.3 is 9.47 Å². The zero-order valence-corrected chi connectivity index (χ0v) is 14.4. The third-order valence-corrected chi connectivity index (χ3v) is 4.01. The molecule has 0 spiro atoms. The molecule has 0 aromatic heterocycles. The number of benzene rings is 3. The minimum Gasteiger partial charge on any atom is -0.493 e. The number of hydrogen-bond acceptors (Lipinski definition) is 3. The molecule has 25 heavy (non-hydrogen) atoms. The summed E-state index contributed by atoms with van der Waals surface area (Å²) in [6.07, 6.45) is 1.88. The molecule has 0 heterocycles. The summed E-state index contributed by atoms with van der Waals surface area (Å²) in [5, 5.41) is 0. The van der Waals surface area contributed by atoms with Crippen LogP contribution < -0.4 is 9.47 Å². The summed E-state index contributed by atoms with van der Waals surface area (Å²) in [4.78, 5) is 4.84. The molecule has 0 saturated heterocycles. The molecule has 0 unspecified atom stereocenters. The Balaban J connectivity index is 1.94. The summed E-state index contributed by atoms with van der Waals surface area (Å²) in [6.45, 7) is 0. The van der Waals surface area contributed by atoms with Crippen molar-refractivity contribution in [2.24, 2.45) is 4.99 Å². The second-order valence-electron chi connectivity index (χ2n) is 5.62. The lowest BCUT2D eigenvalue weighted by Crippen LogP contribution is -1.99. The van der Waals surface area contributed by atoms with Crippen LogP contribution in [0.5, 0.6) is 11.5 Å². The fourth-order valence-corrected chi connectivity index (χ4v) is 2.73. The van der Waals surface area contributed by atoms with Crippen LogP contribution in [0, 0.1) is 0 Å². The summed E-state index contributed by atoms with van der Waals surface area (Å²) in [5.41, 5.74) is 3.28. The van der Waals surface area contributed by atoms with Crippen molar-refractivity contribution < 1.29 is 9.47 Å². The van der Waals surface area contributed by atoms with Gasteiger partial charge >= 0.3 is 0 Å². The number of ether oxygens (including phenoxy) is 2. The average molecular weight is 331 g/mol. The van der Waals surface area contributed by atoms with E-state index in [-0.39, 0.29) is 6.04 Å². The van der Waals surface area contributed by atoms with Crippen LogP contribution in [0.4, 0.5) is 0 Å². The van der Waals surface area contributed by atoms with Crippen LogP contribution >= 0.6 is 0 Å². The topological polar surface area (TPSA) is 30.8 Å². The predicted molar refractivity (Wildman–Crippen MR) is 102 cm³/mol. The van der Waals surface area contributed by atoms with Crippen LogP contribution in [0.1, 0.15) is 22.7 Å². The van der Waals surface area contributed by atoms with Crippen LogP contribution in [0.25, 0.3) is 0 Å². The van der Waals surface area contributed by atoms with E-state index >= 15 is 0 Å². The third-order valence-electron chi connectivity index (χ3n) is 4.01. The van der Waals surface area contributed by atoms with Crippen molar-refractivity contribution in [3.8, 4) is 11.5 Å². The lowest BCUT2D eigenvalue weighted by atomic mass is 9.99. The highest BCUT2D eigenvalue weighted by molar-refractivity contribution is 5.81. The Morgan fingerprint density at radius 3 is 1.80 bits per heavy atom. The summed E-state index contributed by atoms with van der Waals surface area (Å²) in [6, 6.07) is 26.3. The SMILES string of the molecule is COc1ccc(C=NC(c2ccccc2)c2ccccc2)cc1OC. The monoisotopic (exact) mass is 331 g/mol. The van der Waals surface area contributed by atoms with E-state index < -0.39 is 0 Å². The van der Waals surface area contributed by atoms with E-state index in [9.17, 15) is 0 Å². The molecule has 3 heteroatoms. The van der Waals surface area contributed by atoms with Crippen molar-refractivity contribution in [1.29, 1.82) is 0 Å². The first-order chi connectivity index (χ1) is 12.3. The Bertz CT molecular complexity index is 790. The first kappa shape index (κ1) is 16.8. The molecule has 0 bridgehead atoms. The maximum Gasteiger partial charge on any atom is 0.161 e. The highest BCUT2D eigenvalue weighted by atomic mass is 16.5. The summed E-state index contributed by atoms with van der Waals surface area (Å²) >= 11 is 0. The van der Waals surface area contributed by atoms with Crippen LogP contribution in [-0.4, -0.2) is 20.4 Å². The van der Waals surface area contributed by atoms with Gasteiger partial charge in [0.15, 0.2) is 11.5 Å². The number of aliphatic imine (C=N–C) groups is 1. The highest BCUT2D eigenvalue weighted by Gasteiger charge is 2.11. The number of rotatable bonds is 6. The van der Waals surface area contributed by atoms with Gasteiger partial charge in [-0.15, -0.1) is 0 Å². The molecule has 3 rings (SSSR count). The van der Waals surface area contributed by atoms with Crippen LogP contribution in [0.15, 0.2) is 83.9 Å². The Morgan fingerprint density at radius 2 is 1.28 bits per heavy atom. The van der Waals surface area contributed by atoms with E-state index in [0.717, 1.165) is 16.7 Å². The van der Waals surface area contributed by atoms with Crippen LogP contribution in [0.3, 0.4) is 0 Å². The molecule has 0 amide bonds. The van der Waals surface area contributed by atoms with Crippen molar-refractivity contribution in [2.75, 3.05) is 14.2 Å². The standard InChI is InChI=1S/C22H21NO2/c1-24-20-14-13-17(15-21(20)25-2)16-23-22(18-9-5-3-6-10-18)19-11-7-4-8-12-19/h3-16,22H,1-2H3. The zero-order valence-electron chi connectivity index (χ0n) is 14.4. The Hall–Kier alpha value is -3.07. The summed E-state index contributed by atoms with van der Waals surface area (Å²) in [7, 11) is 3.27. The second-order valence-corrected chi connectivity index (χ2v) is 5.62. The zero-order chi connectivity index (χ0) is 17.5. The summed E-state index contributed by atoms with van der Waals surface area (Å²) in [5.74, 6) is 1.41. The fraction of sp³-hybridized carbons (Fsp3) is 0.136. The van der Waals surface area contributed by atoms with E-state index in [1.54, 1.807) is 14.2 Å². The van der Waals surface area contributed by atoms with Crippen LogP contribution in [-0.2, 0) is 0 Å². The molecule has 0 radical (unpaired) electrons. The van der Waals surface area contributed by atoms with E-state index in [2.05, 4.69) is 24.3 Å². The molecule has 0 atom stereocenters. The summed E-state index contributed by atoms with van der Waals surface area (Å²) < 4.78 is 10.7. The van der Waals surface area contributed by atoms with E-state index in [1.165, 1.54) is 0 Å². The van der Waals surface area contributed by atoms with E-state index in [4.69, 9.17) is 14.5 Å². The van der Waals surface area contributed by atoms with Crippen molar-refractivity contribution in [3.05, 3.63) is 95.6 Å². The number of nitrogens with zero attached hydrogens (tertiary/aromatic N) is 1. The normalized spacial score (nSPS) is 11.0. The molecule has 3 aromatic rings. The van der Waals surface area contributed by atoms with Gasteiger partial charge in [0.25, 0.3) is 0 Å². The molecule has 0 aliphatic rings. The van der Waals surface area contributed by atoms with E-state index in [0.29, 0.717) is 11.5 Å². The van der Waals surface area contributed by atoms with Crippen molar-refractivity contribution in [1.82, 2.24) is 0 Å². The minimum absolute atomic E-state index is 0.0458. The van der Waals surface area contributed by atoms with Gasteiger partial charge in [-0.05, 0) is 34.9 Å². The molecule has 0 fully saturated rings. The molecule has 0 N–H and O–H groups in total. The quantitative estimate of drug-likeness (QED) is 0.601. The molecule has 3 aromatic carbocycles. The fourth-order valence-electron chi connectivity index (χ4n) is 2.73. The highest BCUT2D eigenvalue weighted by Crippen LogP contribution is 2.28. The molecule has 3 nitrogen and oxygen atoms in total. The van der Waals surface area contributed by atoms with Gasteiger partial charge in [0.2, 0.25) is 0 Å². The lowest BCUT2D eigenvalue weighted by Gasteiger charge is -2.13. The molecule has 0 aliphatic heterocycles. The first-order valence-corrected chi connectivity index (χ1v) is 8.17. The molecule has 0 saturated carbocycles. The maximum absolute atomic E-state index is 5.37. The average Bonchev–Trinajstić information content (AvgIpc) is 2.69. The Kier molecular flexibility index (Phi) is 5.47. The first-order valence-electron chi connectivity index (χ1n) is 8.17. The smallest absolute Gasteiger partial charge is 0.161 e. The minimum atomic E-state index is -0.0458. The number of methoxy groups -OCH3 is 2. The van der Waals surface area contributed by atoms with Crippen molar-refractivity contribution >= 4 is 6.21 Å². The van der Waals surface area contributed by atoms with Crippen molar-refractivity contribution in [2.45, 2.75) is 6.04 Å². The van der Waals surface area contributed by atoms with Gasteiger partial charge in [-0.25, -0.2) is 0 Å². The lowest BCUT2D eigenvalue weighted by molar-refractivity contribution is 0.355. The second kappa shape index (κ2) is 8.15.